The first kappa shape index (κ1) is 12.6. The summed E-state index contributed by atoms with van der Waals surface area (Å²) in [4.78, 5) is 0.905. The average Bonchev–Trinajstić information content (AvgIpc) is 2.76. The molecule has 1 aromatic heterocycles. The molecule has 1 unspecified atom stereocenters. The van der Waals surface area contributed by atoms with E-state index >= 15 is 0 Å². The quantitative estimate of drug-likeness (QED) is 0.934. The molecule has 1 heterocycles. The number of ether oxygens (including phenoxy) is 1. The van der Waals surface area contributed by atoms with Crippen molar-refractivity contribution in [3.05, 3.63) is 50.6 Å². The predicted molar refractivity (Wildman–Crippen MR) is 73.7 cm³/mol. The molecule has 0 radical (unpaired) electrons. The smallest absolute Gasteiger partial charge is 0.122 e. The number of hydrogen-bond donors (Lipinski definition) is 1. The van der Waals surface area contributed by atoms with Gasteiger partial charge < -0.3 is 9.84 Å². The van der Waals surface area contributed by atoms with E-state index in [4.69, 9.17) is 4.74 Å². The lowest BCUT2D eigenvalue weighted by Gasteiger charge is -2.23. The number of aliphatic hydroxyl groups is 1. The maximum atomic E-state index is 10.6. The third-order valence-corrected chi connectivity index (χ3v) is 4.76. The Morgan fingerprint density at radius 2 is 1.88 bits per heavy atom. The number of rotatable bonds is 3. The first-order chi connectivity index (χ1) is 8.05. The fourth-order valence-corrected chi connectivity index (χ4v) is 3.53. The third-order valence-electron chi connectivity index (χ3n) is 2.71. The Hall–Kier alpha value is -0.840. The van der Waals surface area contributed by atoms with Crippen LogP contribution < -0.4 is 4.74 Å². The molecular formula is C13H13BrO2S. The van der Waals surface area contributed by atoms with Gasteiger partial charge in [-0.2, -0.15) is 0 Å². The van der Waals surface area contributed by atoms with Crippen LogP contribution in [0.2, 0.25) is 0 Å². The van der Waals surface area contributed by atoms with E-state index in [0.717, 1.165) is 20.7 Å². The third kappa shape index (κ3) is 2.39. The van der Waals surface area contributed by atoms with Crippen LogP contribution in [0, 0.1) is 0 Å². The highest BCUT2D eigenvalue weighted by atomic mass is 79.9. The highest BCUT2D eigenvalue weighted by Crippen LogP contribution is 2.38. The molecule has 0 spiro atoms. The van der Waals surface area contributed by atoms with E-state index in [1.807, 2.05) is 35.7 Å². The predicted octanol–water partition coefficient (Wildman–Crippen LogP) is 3.78. The van der Waals surface area contributed by atoms with E-state index in [0.29, 0.717) is 0 Å². The number of halogens is 1. The molecule has 4 heteroatoms. The molecule has 0 aliphatic carbocycles. The first-order valence-corrected chi connectivity index (χ1v) is 6.83. The second kappa shape index (κ2) is 4.80. The highest BCUT2D eigenvalue weighted by Gasteiger charge is 2.29. The fourth-order valence-electron chi connectivity index (χ4n) is 1.69. The molecule has 0 aliphatic heterocycles. The number of thiophene rings is 1. The van der Waals surface area contributed by atoms with Crippen molar-refractivity contribution in [1.82, 2.24) is 0 Å². The van der Waals surface area contributed by atoms with Crippen LogP contribution in [-0.4, -0.2) is 12.2 Å². The zero-order valence-electron chi connectivity index (χ0n) is 9.61. The lowest BCUT2D eigenvalue weighted by atomic mass is 9.94. The molecule has 0 aliphatic rings. The Morgan fingerprint density at radius 3 is 2.35 bits per heavy atom. The van der Waals surface area contributed by atoms with E-state index in [-0.39, 0.29) is 0 Å². The van der Waals surface area contributed by atoms with Crippen molar-refractivity contribution in [2.24, 2.45) is 0 Å². The summed E-state index contributed by atoms with van der Waals surface area (Å²) in [5, 5.41) is 12.6. The Labute approximate surface area is 113 Å². The van der Waals surface area contributed by atoms with E-state index in [9.17, 15) is 5.11 Å². The first-order valence-electron chi connectivity index (χ1n) is 5.16. The second-order valence-corrected chi connectivity index (χ2v) is 5.67. The van der Waals surface area contributed by atoms with Gasteiger partial charge in [0, 0.05) is 4.47 Å². The van der Waals surface area contributed by atoms with Gasteiger partial charge in [0.15, 0.2) is 0 Å². The van der Waals surface area contributed by atoms with Crippen molar-refractivity contribution in [2.75, 3.05) is 7.11 Å². The molecular weight excluding hydrogens is 300 g/mol. The standard InChI is InChI=1S/C13H13BrO2S/c1-13(15,12-11(14)7-8-17-12)9-3-5-10(16-2)6-4-9/h3-8,15H,1-2H3. The number of hydrogen-bond acceptors (Lipinski definition) is 3. The molecule has 1 aromatic carbocycles. The van der Waals surface area contributed by atoms with Crippen LogP contribution in [0.1, 0.15) is 17.4 Å². The normalized spacial score (nSPS) is 14.4. The Bertz CT molecular complexity index is 502. The molecule has 0 saturated heterocycles. The van der Waals surface area contributed by atoms with Gasteiger partial charge in [-0.25, -0.2) is 0 Å². The summed E-state index contributed by atoms with van der Waals surface area (Å²) >= 11 is 4.99. The molecule has 1 atom stereocenters. The van der Waals surface area contributed by atoms with Crippen LogP contribution in [0.25, 0.3) is 0 Å². The van der Waals surface area contributed by atoms with Gasteiger partial charge in [0.2, 0.25) is 0 Å². The van der Waals surface area contributed by atoms with Crippen LogP contribution in [0.15, 0.2) is 40.2 Å². The SMILES string of the molecule is COc1ccc(C(C)(O)c2sccc2Br)cc1. The zero-order chi connectivity index (χ0) is 12.5. The molecule has 2 aromatic rings. The summed E-state index contributed by atoms with van der Waals surface area (Å²) in [5.41, 5.74) is -0.138. The minimum Gasteiger partial charge on any atom is -0.497 e. The molecule has 0 saturated carbocycles. The molecule has 2 nitrogen and oxygen atoms in total. The van der Waals surface area contributed by atoms with Crippen LogP contribution in [0.3, 0.4) is 0 Å². The highest BCUT2D eigenvalue weighted by molar-refractivity contribution is 9.10. The minimum atomic E-state index is -0.987. The summed E-state index contributed by atoms with van der Waals surface area (Å²) in [6.45, 7) is 1.80. The van der Waals surface area contributed by atoms with E-state index in [2.05, 4.69) is 15.9 Å². The molecule has 0 fully saturated rings. The topological polar surface area (TPSA) is 29.5 Å². The van der Waals surface area contributed by atoms with Gasteiger partial charge in [0.05, 0.1) is 12.0 Å². The zero-order valence-corrected chi connectivity index (χ0v) is 12.0. The van der Waals surface area contributed by atoms with Crippen molar-refractivity contribution >= 4 is 27.3 Å². The van der Waals surface area contributed by atoms with Crippen molar-refractivity contribution in [1.29, 1.82) is 0 Å². The molecule has 0 bridgehead atoms. The van der Waals surface area contributed by atoms with Gasteiger partial charge in [-0.15, -0.1) is 11.3 Å². The van der Waals surface area contributed by atoms with E-state index in [1.54, 1.807) is 14.0 Å². The van der Waals surface area contributed by atoms with Gasteiger partial charge in [0.25, 0.3) is 0 Å². The van der Waals surface area contributed by atoms with Gasteiger partial charge in [0.1, 0.15) is 11.4 Å². The summed E-state index contributed by atoms with van der Waals surface area (Å²) in [7, 11) is 1.63. The van der Waals surface area contributed by atoms with Crippen LogP contribution in [-0.2, 0) is 5.60 Å². The average molecular weight is 313 g/mol. The lowest BCUT2D eigenvalue weighted by molar-refractivity contribution is 0.105. The van der Waals surface area contributed by atoms with Gasteiger partial charge in [-0.05, 0) is 52.0 Å². The largest absolute Gasteiger partial charge is 0.497 e. The summed E-state index contributed by atoms with van der Waals surface area (Å²) in [5.74, 6) is 0.787. The molecule has 1 N–H and O–H groups in total. The van der Waals surface area contributed by atoms with Crippen LogP contribution >= 0.6 is 27.3 Å². The Morgan fingerprint density at radius 1 is 1.24 bits per heavy atom. The molecule has 0 amide bonds. The number of benzene rings is 1. The fraction of sp³-hybridized carbons (Fsp3) is 0.231. The Kier molecular flexibility index (Phi) is 3.56. The molecule has 2 rings (SSSR count). The van der Waals surface area contributed by atoms with Crippen molar-refractivity contribution < 1.29 is 9.84 Å². The van der Waals surface area contributed by atoms with Gasteiger partial charge >= 0.3 is 0 Å². The van der Waals surface area contributed by atoms with Crippen molar-refractivity contribution in [3.63, 3.8) is 0 Å². The van der Waals surface area contributed by atoms with Gasteiger partial charge in [-0.1, -0.05) is 12.1 Å². The maximum Gasteiger partial charge on any atom is 0.122 e. The Balaban J connectivity index is 2.40. The van der Waals surface area contributed by atoms with Gasteiger partial charge in [-0.3, -0.25) is 0 Å². The lowest BCUT2D eigenvalue weighted by Crippen LogP contribution is -2.21. The van der Waals surface area contributed by atoms with Crippen LogP contribution in [0.4, 0.5) is 0 Å². The number of methoxy groups -OCH3 is 1. The van der Waals surface area contributed by atoms with E-state index in [1.165, 1.54) is 11.3 Å². The molecule has 17 heavy (non-hydrogen) atoms. The van der Waals surface area contributed by atoms with Crippen molar-refractivity contribution in [2.45, 2.75) is 12.5 Å². The maximum absolute atomic E-state index is 10.6. The van der Waals surface area contributed by atoms with Crippen LogP contribution in [0.5, 0.6) is 5.75 Å². The minimum absolute atomic E-state index is 0.787. The molecule has 90 valence electrons. The summed E-state index contributed by atoms with van der Waals surface area (Å²) in [6, 6.07) is 9.41. The summed E-state index contributed by atoms with van der Waals surface area (Å²) in [6.07, 6.45) is 0. The summed E-state index contributed by atoms with van der Waals surface area (Å²) < 4.78 is 6.04. The van der Waals surface area contributed by atoms with Crippen molar-refractivity contribution in [3.8, 4) is 5.75 Å². The monoisotopic (exact) mass is 312 g/mol. The second-order valence-electron chi connectivity index (χ2n) is 3.90. The van der Waals surface area contributed by atoms with E-state index < -0.39 is 5.60 Å².